The van der Waals surface area contributed by atoms with Gasteiger partial charge in [-0.2, -0.15) is 10.4 Å². The first-order chi connectivity index (χ1) is 10.3. The maximum absolute atomic E-state index is 12.4. The highest BCUT2D eigenvalue weighted by Crippen LogP contribution is 2.16. The lowest BCUT2D eigenvalue weighted by atomic mass is 10.0. The topological polar surface area (TPSA) is 58.7 Å². The molecule has 0 saturated heterocycles. The fourth-order valence-electron chi connectivity index (χ4n) is 2.34. The van der Waals surface area contributed by atoms with Gasteiger partial charge in [0, 0.05) is 5.39 Å². The summed E-state index contributed by atoms with van der Waals surface area (Å²) in [5.74, 6) is -0.391. The molecule has 0 saturated carbocycles. The maximum Gasteiger partial charge on any atom is 0.274 e. The summed E-state index contributed by atoms with van der Waals surface area (Å²) in [4.78, 5) is 12.4. The van der Waals surface area contributed by atoms with Gasteiger partial charge in [0.25, 0.3) is 5.56 Å². The van der Waals surface area contributed by atoms with Gasteiger partial charge in [-0.1, -0.05) is 48.5 Å². The largest absolute Gasteiger partial charge is 0.274 e. The molecule has 0 radical (unpaired) electrons. The van der Waals surface area contributed by atoms with E-state index in [4.69, 9.17) is 0 Å². The van der Waals surface area contributed by atoms with Crippen LogP contribution in [0.4, 0.5) is 0 Å². The predicted octanol–water partition coefficient (Wildman–Crippen LogP) is 2.70. The van der Waals surface area contributed by atoms with Crippen molar-refractivity contribution in [1.29, 1.82) is 5.26 Å². The van der Waals surface area contributed by atoms with Crippen LogP contribution in [-0.4, -0.2) is 9.78 Å². The molecule has 0 N–H and O–H groups in total. The van der Waals surface area contributed by atoms with E-state index in [9.17, 15) is 10.1 Å². The molecule has 3 aromatic rings. The highest BCUT2D eigenvalue weighted by Gasteiger charge is 2.13. The SMILES string of the molecule is N#CC(Cn1ncc2ccccc2c1=O)c1ccccc1. The first-order valence-electron chi connectivity index (χ1n) is 6.69. The van der Waals surface area contributed by atoms with Gasteiger partial charge in [0.15, 0.2) is 0 Å². The van der Waals surface area contributed by atoms with Crippen molar-refractivity contribution in [3.63, 3.8) is 0 Å². The first kappa shape index (κ1) is 13.1. The molecule has 1 heterocycles. The quantitative estimate of drug-likeness (QED) is 0.738. The Bertz CT molecular complexity index is 862. The van der Waals surface area contributed by atoms with Crippen molar-refractivity contribution < 1.29 is 0 Å². The molecule has 0 aliphatic rings. The van der Waals surface area contributed by atoms with Gasteiger partial charge >= 0.3 is 0 Å². The van der Waals surface area contributed by atoms with Crippen LogP contribution in [-0.2, 0) is 6.54 Å². The summed E-state index contributed by atoms with van der Waals surface area (Å²) in [7, 11) is 0. The Hall–Kier alpha value is -2.93. The van der Waals surface area contributed by atoms with Gasteiger partial charge in [0.1, 0.15) is 0 Å². The van der Waals surface area contributed by atoms with Crippen LogP contribution in [0, 0.1) is 11.3 Å². The number of fused-ring (bicyclic) bond motifs is 1. The third-order valence-electron chi connectivity index (χ3n) is 3.48. The lowest BCUT2D eigenvalue weighted by Crippen LogP contribution is -2.25. The van der Waals surface area contributed by atoms with Crippen molar-refractivity contribution in [1.82, 2.24) is 9.78 Å². The zero-order valence-corrected chi connectivity index (χ0v) is 11.3. The van der Waals surface area contributed by atoms with Gasteiger partial charge in [-0.3, -0.25) is 4.79 Å². The van der Waals surface area contributed by atoms with Gasteiger partial charge in [-0.25, -0.2) is 4.68 Å². The van der Waals surface area contributed by atoms with Crippen LogP contribution in [0.2, 0.25) is 0 Å². The molecule has 4 heteroatoms. The van der Waals surface area contributed by atoms with Crippen molar-refractivity contribution in [2.45, 2.75) is 12.5 Å². The molecule has 2 aromatic carbocycles. The molecule has 1 aromatic heterocycles. The normalized spacial score (nSPS) is 12.0. The lowest BCUT2D eigenvalue weighted by Gasteiger charge is -2.11. The zero-order chi connectivity index (χ0) is 14.7. The minimum atomic E-state index is -0.391. The third kappa shape index (κ3) is 2.54. The number of hydrogen-bond acceptors (Lipinski definition) is 3. The molecule has 0 aliphatic carbocycles. The predicted molar refractivity (Wildman–Crippen MR) is 80.8 cm³/mol. The molecule has 102 valence electrons. The van der Waals surface area contributed by atoms with Crippen molar-refractivity contribution in [2.75, 3.05) is 0 Å². The third-order valence-corrected chi connectivity index (χ3v) is 3.48. The minimum absolute atomic E-state index is 0.163. The highest BCUT2D eigenvalue weighted by atomic mass is 16.1. The van der Waals surface area contributed by atoms with Gasteiger partial charge in [0.2, 0.25) is 0 Å². The summed E-state index contributed by atoms with van der Waals surface area (Å²) in [6, 6.07) is 19.0. The molecule has 1 atom stereocenters. The molecule has 0 spiro atoms. The first-order valence-corrected chi connectivity index (χ1v) is 6.69. The average Bonchev–Trinajstić information content (AvgIpc) is 2.55. The Morgan fingerprint density at radius 2 is 1.81 bits per heavy atom. The molecule has 1 unspecified atom stereocenters. The smallest absolute Gasteiger partial charge is 0.267 e. The van der Waals surface area contributed by atoms with Crippen molar-refractivity contribution in [3.8, 4) is 6.07 Å². The lowest BCUT2D eigenvalue weighted by molar-refractivity contribution is 0.553. The summed E-state index contributed by atoms with van der Waals surface area (Å²) in [6.07, 6.45) is 1.66. The van der Waals surface area contributed by atoms with E-state index in [1.165, 1.54) is 4.68 Å². The maximum atomic E-state index is 12.4. The molecule has 3 rings (SSSR count). The Morgan fingerprint density at radius 3 is 2.57 bits per heavy atom. The van der Waals surface area contributed by atoms with Crippen LogP contribution < -0.4 is 5.56 Å². The van der Waals surface area contributed by atoms with Gasteiger partial charge in [-0.05, 0) is 11.6 Å². The van der Waals surface area contributed by atoms with E-state index in [0.717, 1.165) is 10.9 Å². The average molecular weight is 275 g/mol. The van der Waals surface area contributed by atoms with E-state index in [0.29, 0.717) is 5.39 Å². The van der Waals surface area contributed by atoms with Crippen LogP contribution in [0.3, 0.4) is 0 Å². The van der Waals surface area contributed by atoms with Crippen LogP contribution in [0.15, 0.2) is 65.6 Å². The Balaban J connectivity index is 2.00. The Morgan fingerprint density at radius 1 is 1.10 bits per heavy atom. The van der Waals surface area contributed by atoms with E-state index in [1.54, 1.807) is 12.3 Å². The van der Waals surface area contributed by atoms with Gasteiger partial charge in [-0.15, -0.1) is 0 Å². The second-order valence-corrected chi connectivity index (χ2v) is 4.81. The van der Waals surface area contributed by atoms with E-state index < -0.39 is 5.92 Å². The Kier molecular flexibility index (Phi) is 3.48. The standard InChI is InChI=1S/C17H13N3O/c18-10-15(13-6-2-1-3-7-13)12-20-17(21)16-9-5-4-8-14(16)11-19-20/h1-9,11,15H,12H2. The molecule has 0 amide bonds. The number of rotatable bonds is 3. The molecular weight excluding hydrogens is 262 g/mol. The van der Waals surface area contributed by atoms with Crippen LogP contribution >= 0.6 is 0 Å². The van der Waals surface area contributed by atoms with E-state index in [2.05, 4.69) is 11.2 Å². The highest BCUT2D eigenvalue weighted by molar-refractivity contribution is 5.80. The minimum Gasteiger partial charge on any atom is -0.267 e. The Labute approximate surface area is 121 Å². The van der Waals surface area contributed by atoms with Crippen molar-refractivity contribution in [2.24, 2.45) is 0 Å². The number of aromatic nitrogens is 2. The van der Waals surface area contributed by atoms with Crippen LogP contribution in [0.25, 0.3) is 10.8 Å². The summed E-state index contributed by atoms with van der Waals surface area (Å²) in [6.45, 7) is 0.254. The summed E-state index contributed by atoms with van der Waals surface area (Å²) in [5.41, 5.74) is 0.728. The molecule has 21 heavy (non-hydrogen) atoms. The summed E-state index contributed by atoms with van der Waals surface area (Å²) < 4.78 is 1.36. The fourth-order valence-corrected chi connectivity index (χ4v) is 2.34. The van der Waals surface area contributed by atoms with E-state index >= 15 is 0 Å². The monoisotopic (exact) mass is 275 g/mol. The number of nitrogens with zero attached hydrogens (tertiary/aromatic N) is 3. The fraction of sp³-hybridized carbons (Fsp3) is 0.118. The number of nitriles is 1. The van der Waals surface area contributed by atoms with Crippen LogP contribution in [0.1, 0.15) is 11.5 Å². The second-order valence-electron chi connectivity index (χ2n) is 4.81. The summed E-state index contributed by atoms with van der Waals surface area (Å²) >= 11 is 0. The van der Waals surface area contributed by atoms with Gasteiger partial charge in [0.05, 0.1) is 30.1 Å². The molecule has 4 nitrogen and oxygen atoms in total. The number of benzene rings is 2. The van der Waals surface area contributed by atoms with Gasteiger partial charge < -0.3 is 0 Å². The van der Waals surface area contributed by atoms with E-state index in [1.807, 2.05) is 48.5 Å². The zero-order valence-electron chi connectivity index (χ0n) is 11.3. The van der Waals surface area contributed by atoms with E-state index in [-0.39, 0.29) is 12.1 Å². The van der Waals surface area contributed by atoms with Crippen molar-refractivity contribution in [3.05, 3.63) is 76.7 Å². The molecule has 0 fully saturated rings. The molecular formula is C17H13N3O. The second kappa shape index (κ2) is 5.59. The summed E-state index contributed by atoms with van der Waals surface area (Å²) in [5, 5.41) is 15.0. The molecule has 0 aliphatic heterocycles. The molecule has 0 bridgehead atoms. The van der Waals surface area contributed by atoms with Crippen LogP contribution in [0.5, 0.6) is 0 Å². The van der Waals surface area contributed by atoms with Crippen molar-refractivity contribution >= 4 is 10.8 Å². The number of hydrogen-bond donors (Lipinski definition) is 0.